The molecule has 0 amide bonds. The highest BCUT2D eigenvalue weighted by Gasteiger charge is 2.18. The van der Waals surface area contributed by atoms with Crippen molar-refractivity contribution in [3.05, 3.63) is 45.9 Å². The van der Waals surface area contributed by atoms with E-state index in [-0.39, 0.29) is 12.4 Å². The normalized spacial score (nSPS) is 11.7. The molecule has 0 atom stereocenters. The third-order valence-corrected chi connectivity index (χ3v) is 5.63. The Morgan fingerprint density at radius 3 is 2.47 bits per heavy atom. The Morgan fingerprint density at radius 1 is 1.26 bits per heavy atom. The molecule has 0 bridgehead atoms. The van der Waals surface area contributed by atoms with Gasteiger partial charge in [-0.25, -0.2) is 13.4 Å². The molecule has 0 fully saturated rings. The monoisotopic (exact) mass is 297 g/mol. The van der Waals surface area contributed by atoms with Gasteiger partial charge in [0.2, 0.25) is 0 Å². The van der Waals surface area contributed by atoms with E-state index in [1.165, 1.54) is 11.3 Å². The van der Waals surface area contributed by atoms with Crippen molar-refractivity contribution in [2.45, 2.75) is 30.6 Å². The van der Waals surface area contributed by atoms with Gasteiger partial charge in [-0.05, 0) is 18.6 Å². The lowest BCUT2D eigenvalue weighted by Crippen LogP contribution is -2.04. The van der Waals surface area contributed by atoms with Crippen LogP contribution in [0.3, 0.4) is 0 Å². The Labute approximate surface area is 116 Å². The van der Waals surface area contributed by atoms with Crippen LogP contribution in [0.4, 0.5) is 0 Å². The van der Waals surface area contributed by atoms with E-state index in [0.29, 0.717) is 16.3 Å². The molecule has 4 nitrogen and oxygen atoms in total. The highest BCUT2D eigenvalue weighted by molar-refractivity contribution is 7.90. The van der Waals surface area contributed by atoms with Gasteiger partial charge in [0.1, 0.15) is 10.8 Å². The van der Waals surface area contributed by atoms with Crippen LogP contribution < -0.4 is 0 Å². The van der Waals surface area contributed by atoms with Gasteiger partial charge in [-0.15, -0.1) is 11.3 Å². The summed E-state index contributed by atoms with van der Waals surface area (Å²) in [6, 6.07) is 8.34. The Balaban J connectivity index is 2.28. The van der Waals surface area contributed by atoms with Crippen LogP contribution in [0.1, 0.15) is 22.5 Å². The van der Waals surface area contributed by atoms with Crippen molar-refractivity contribution >= 4 is 21.2 Å². The number of aliphatic hydroxyl groups excluding tert-OH is 1. The molecule has 0 unspecified atom stereocenters. The van der Waals surface area contributed by atoms with E-state index in [4.69, 9.17) is 0 Å². The fraction of sp³-hybridized carbons (Fsp3) is 0.308. The molecule has 0 spiro atoms. The van der Waals surface area contributed by atoms with Gasteiger partial charge in [0.25, 0.3) is 0 Å². The second kappa shape index (κ2) is 5.81. The lowest BCUT2D eigenvalue weighted by molar-refractivity contribution is 0.284. The smallest absolute Gasteiger partial charge is 0.184 e. The molecule has 19 heavy (non-hydrogen) atoms. The predicted octanol–water partition coefficient (Wildman–Crippen LogP) is 2.17. The largest absolute Gasteiger partial charge is 0.391 e. The number of rotatable bonds is 5. The van der Waals surface area contributed by atoms with Gasteiger partial charge in [0.15, 0.2) is 9.84 Å². The number of aryl methyl sites for hydroxylation is 1. The van der Waals surface area contributed by atoms with Crippen molar-refractivity contribution in [2.24, 2.45) is 0 Å². The second-order valence-electron chi connectivity index (χ2n) is 4.06. The average molecular weight is 297 g/mol. The first kappa shape index (κ1) is 14.2. The molecular weight excluding hydrogens is 282 g/mol. The molecule has 0 aliphatic rings. The summed E-state index contributed by atoms with van der Waals surface area (Å²) in [5, 5.41) is 9.73. The van der Waals surface area contributed by atoms with Gasteiger partial charge in [0.05, 0.1) is 22.1 Å². The van der Waals surface area contributed by atoms with Crippen molar-refractivity contribution in [1.29, 1.82) is 0 Å². The number of nitrogens with zero attached hydrogens (tertiary/aromatic N) is 1. The zero-order valence-corrected chi connectivity index (χ0v) is 12.2. The van der Waals surface area contributed by atoms with E-state index in [9.17, 15) is 13.5 Å². The SMILES string of the molecule is CCc1nc(CS(=O)(=O)c2ccccc2)sc1CO. The summed E-state index contributed by atoms with van der Waals surface area (Å²) in [4.78, 5) is 5.34. The van der Waals surface area contributed by atoms with Crippen molar-refractivity contribution in [2.75, 3.05) is 0 Å². The lowest BCUT2D eigenvalue weighted by atomic mass is 10.3. The van der Waals surface area contributed by atoms with Gasteiger partial charge in [-0.2, -0.15) is 0 Å². The molecule has 1 heterocycles. The summed E-state index contributed by atoms with van der Waals surface area (Å²) in [5.74, 6) is -0.116. The van der Waals surface area contributed by atoms with E-state index >= 15 is 0 Å². The van der Waals surface area contributed by atoms with Gasteiger partial charge in [0, 0.05) is 0 Å². The number of benzene rings is 1. The molecule has 2 rings (SSSR count). The van der Waals surface area contributed by atoms with Crippen LogP contribution in [0.15, 0.2) is 35.2 Å². The minimum Gasteiger partial charge on any atom is -0.391 e. The number of hydrogen-bond donors (Lipinski definition) is 1. The number of aromatic nitrogens is 1. The summed E-state index contributed by atoms with van der Waals surface area (Å²) < 4.78 is 24.4. The second-order valence-corrected chi connectivity index (χ2v) is 7.22. The highest BCUT2D eigenvalue weighted by Crippen LogP contribution is 2.23. The zero-order chi connectivity index (χ0) is 13.9. The van der Waals surface area contributed by atoms with E-state index in [2.05, 4.69) is 4.98 Å². The Bertz CT molecular complexity index is 626. The van der Waals surface area contributed by atoms with Gasteiger partial charge >= 0.3 is 0 Å². The standard InChI is InChI=1S/C13H15NO3S2/c1-2-11-12(8-15)18-13(14-11)9-19(16,17)10-6-4-3-5-7-10/h3-7,15H,2,8-9H2,1H3. The van der Waals surface area contributed by atoms with E-state index in [0.717, 1.165) is 10.6 Å². The highest BCUT2D eigenvalue weighted by atomic mass is 32.2. The van der Waals surface area contributed by atoms with Crippen LogP contribution in [-0.4, -0.2) is 18.5 Å². The molecule has 0 radical (unpaired) electrons. The number of thiazole rings is 1. The van der Waals surface area contributed by atoms with Gasteiger partial charge < -0.3 is 5.11 Å². The Kier molecular flexibility index (Phi) is 4.34. The molecule has 6 heteroatoms. The molecule has 1 aromatic heterocycles. The van der Waals surface area contributed by atoms with Crippen LogP contribution in [-0.2, 0) is 28.6 Å². The fourth-order valence-electron chi connectivity index (χ4n) is 1.77. The quantitative estimate of drug-likeness (QED) is 0.918. The van der Waals surface area contributed by atoms with Crippen LogP contribution in [0, 0.1) is 0 Å². The Hall–Kier alpha value is -1.24. The molecule has 2 aromatic rings. The maximum atomic E-state index is 12.2. The molecule has 1 N–H and O–H groups in total. The van der Waals surface area contributed by atoms with Crippen LogP contribution >= 0.6 is 11.3 Å². The average Bonchev–Trinajstić information content (AvgIpc) is 2.81. The molecule has 0 saturated heterocycles. The first-order valence-electron chi connectivity index (χ1n) is 5.93. The number of hydrogen-bond acceptors (Lipinski definition) is 5. The summed E-state index contributed by atoms with van der Waals surface area (Å²) >= 11 is 1.27. The molecule has 0 aliphatic carbocycles. The molecule has 1 aromatic carbocycles. The molecular formula is C13H15NO3S2. The first-order chi connectivity index (χ1) is 9.06. The van der Waals surface area contributed by atoms with Crippen molar-refractivity contribution in [3.63, 3.8) is 0 Å². The van der Waals surface area contributed by atoms with E-state index in [1.54, 1.807) is 30.3 Å². The maximum absolute atomic E-state index is 12.2. The van der Waals surface area contributed by atoms with Gasteiger partial charge in [-0.1, -0.05) is 25.1 Å². The van der Waals surface area contributed by atoms with Crippen LogP contribution in [0.2, 0.25) is 0 Å². The predicted molar refractivity (Wildman–Crippen MR) is 74.7 cm³/mol. The summed E-state index contributed by atoms with van der Waals surface area (Å²) in [6.45, 7) is 1.84. The third-order valence-electron chi connectivity index (χ3n) is 2.72. The van der Waals surface area contributed by atoms with Crippen molar-refractivity contribution in [3.8, 4) is 0 Å². The van der Waals surface area contributed by atoms with Crippen molar-refractivity contribution in [1.82, 2.24) is 4.98 Å². The number of sulfone groups is 1. The van der Waals surface area contributed by atoms with E-state index in [1.807, 2.05) is 6.92 Å². The Morgan fingerprint density at radius 2 is 1.95 bits per heavy atom. The molecule has 102 valence electrons. The zero-order valence-electron chi connectivity index (χ0n) is 10.5. The third kappa shape index (κ3) is 3.20. The van der Waals surface area contributed by atoms with Crippen LogP contribution in [0.5, 0.6) is 0 Å². The minimum atomic E-state index is -3.37. The molecule has 0 aliphatic heterocycles. The number of aliphatic hydroxyl groups is 1. The maximum Gasteiger partial charge on any atom is 0.184 e. The van der Waals surface area contributed by atoms with E-state index < -0.39 is 9.84 Å². The minimum absolute atomic E-state index is 0.0910. The van der Waals surface area contributed by atoms with Crippen LogP contribution in [0.25, 0.3) is 0 Å². The lowest BCUT2D eigenvalue weighted by Gasteiger charge is -2.01. The van der Waals surface area contributed by atoms with Crippen molar-refractivity contribution < 1.29 is 13.5 Å². The topological polar surface area (TPSA) is 67.3 Å². The van der Waals surface area contributed by atoms with Gasteiger partial charge in [-0.3, -0.25) is 0 Å². The summed E-state index contributed by atoms with van der Waals surface area (Å²) in [5.41, 5.74) is 0.783. The summed E-state index contributed by atoms with van der Waals surface area (Å²) in [7, 11) is -3.37. The fourth-order valence-corrected chi connectivity index (χ4v) is 4.41. The summed E-state index contributed by atoms with van der Waals surface area (Å²) in [6.07, 6.45) is 0.692. The first-order valence-corrected chi connectivity index (χ1v) is 8.40. The molecule has 0 saturated carbocycles.